The lowest BCUT2D eigenvalue weighted by Gasteiger charge is -2.26. The van der Waals surface area contributed by atoms with Crippen molar-refractivity contribution >= 4 is 0 Å². The average molecular weight is 207 g/mol. The Balaban J connectivity index is 2.25. The van der Waals surface area contributed by atoms with Crippen LogP contribution in [0.15, 0.2) is 0 Å². The van der Waals surface area contributed by atoms with E-state index < -0.39 is 0 Å². The zero-order valence-corrected chi connectivity index (χ0v) is 10.1. The van der Waals surface area contributed by atoms with Gasteiger partial charge in [-0.1, -0.05) is 39.0 Å². The van der Waals surface area contributed by atoms with E-state index in [1.807, 2.05) is 0 Å². The van der Waals surface area contributed by atoms with E-state index in [1.54, 1.807) is 0 Å². The largest absolute Gasteiger partial charge is 0.313 e. The van der Waals surface area contributed by atoms with E-state index in [0.29, 0.717) is 6.04 Å². The van der Waals surface area contributed by atoms with E-state index in [2.05, 4.69) is 18.2 Å². The van der Waals surface area contributed by atoms with Gasteiger partial charge in [0, 0.05) is 12.5 Å². The minimum atomic E-state index is 0.568. The molecule has 0 aromatic carbocycles. The van der Waals surface area contributed by atoms with Crippen LogP contribution in [0.25, 0.3) is 0 Å². The Hall–Kier alpha value is -0.480. The first-order valence-corrected chi connectivity index (χ1v) is 6.53. The van der Waals surface area contributed by atoms with E-state index in [-0.39, 0.29) is 0 Å². The summed E-state index contributed by atoms with van der Waals surface area (Å²) in [6.07, 6.45) is 16.0. The van der Waals surface area contributed by atoms with Crippen LogP contribution >= 0.6 is 0 Å². The van der Waals surface area contributed by atoms with E-state index in [1.165, 1.54) is 44.9 Å². The first-order chi connectivity index (χ1) is 7.36. The Morgan fingerprint density at radius 2 is 2.07 bits per heavy atom. The third-order valence-corrected chi connectivity index (χ3v) is 3.39. The van der Waals surface area contributed by atoms with Crippen LogP contribution in [0.2, 0.25) is 0 Å². The van der Waals surface area contributed by atoms with E-state index in [9.17, 15) is 0 Å². The highest BCUT2D eigenvalue weighted by Crippen LogP contribution is 2.27. The first kappa shape index (κ1) is 12.6. The van der Waals surface area contributed by atoms with Crippen LogP contribution < -0.4 is 5.32 Å². The van der Waals surface area contributed by atoms with E-state index in [4.69, 9.17) is 6.42 Å². The van der Waals surface area contributed by atoms with Gasteiger partial charge < -0.3 is 5.32 Å². The molecule has 1 aliphatic rings. The van der Waals surface area contributed by atoms with Crippen LogP contribution in [0.5, 0.6) is 0 Å². The monoisotopic (exact) mass is 207 g/mol. The van der Waals surface area contributed by atoms with Crippen LogP contribution in [-0.4, -0.2) is 12.6 Å². The quantitative estimate of drug-likeness (QED) is 0.659. The van der Waals surface area contributed by atoms with Crippen LogP contribution in [0.4, 0.5) is 0 Å². The van der Waals surface area contributed by atoms with Gasteiger partial charge >= 0.3 is 0 Å². The number of hydrogen-bond acceptors (Lipinski definition) is 1. The lowest BCUT2D eigenvalue weighted by molar-refractivity contribution is 0.299. The zero-order chi connectivity index (χ0) is 10.9. The standard InChI is InChI=1S/C14H25N/c1-3-8-14(15-11-4-2)12-13-9-6-5-7-10-13/h1,13-15H,4-12H2,2H3. The van der Waals surface area contributed by atoms with Crippen molar-refractivity contribution in [2.45, 2.75) is 64.3 Å². The van der Waals surface area contributed by atoms with Gasteiger partial charge in [0.05, 0.1) is 0 Å². The van der Waals surface area contributed by atoms with Crippen molar-refractivity contribution in [2.75, 3.05) is 6.54 Å². The lowest BCUT2D eigenvalue weighted by atomic mass is 9.84. The van der Waals surface area contributed by atoms with Gasteiger partial charge in [-0.25, -0.2) is 0 Å². The Bertz CT molecular complexity index is 186. The maximum Gasteiger partial charge on any atom is 0.0240 e. The normalized spacial score (nSPS) is 19.7. The van der Waals surface area contributed by atoms with Crippen LogP contribution in [-0.2, 0) is 0 Å². The van der Waals surface area contributed by atoms with Crippen LogP contribution in [0, 0.1) is 18.3 Å². The highest BCUT2D eigenvalue weighted by Gasteiger charge is 2.17. The zero-order valence-electron chi connectivity index (χ0n) is 10.1. The molecule has 1 N–H and O–H groups in total. The SMILES string of the molecule is C#CCC(CC1CCCCC1)NCCC. The van der Waals surface area contributed by atoms with Crippen molar-refractivity contribution in [2.24, 2.45) is 5.92 Å². The van der Waals surface area contributed by atoms with Crippen LogP contribution in [0.1, 0.15) is 58.3 Å². The summed E-state index contributed by atoms with van der Waals surface area (Å²) in [6.45, 7) is 3.32. The van der Waals surface area contributed by atoms with E-state index in [0.717, 1.165) is 18.9 Å². The first-order valence-electron chi connectivity index (χ1n) is 6.53. The van der Waals surface area contributed by atoms with Crippen LogP contribution in [0.3, 0.4) is 0 Å². The Kier molecular flexibility index (Phi) is 6.52. The predicted molar refractivity (Wildman–Crippen MR) is 66.7 cm³/mol. The highest BCUT2D eigenvalue weighted by atomic mass is 14.9. The molecule has 0 spiro atoms. The van der Waals surface area contributed by atoms with Crippen molar-refractivity contribution in [1.29, 1.82) is 0 Å². The van der Waals surface area contributed by atoms with Gasteiger partial charge in [-0.05, 0) is 25.3 Å². The molecule has 0 aromatic heterocycles. The molecule has 1 heteroatoms. The maximum atomic E-state index is 5.42. The number of hydrogen-bond donors (Lipinski definition) is 1. The summed E-state index contributed by atoms with van der Waals surface area (Å²) in [7, 11) is 0. The highest BCUT2D eigenvalue weighted by molar-refractivity contribution is 4.90. The summed E-state index contributed by atoms with van der Waals surface area (Å²) in [5.74, 6) is 3.74. The molecule has 86 valence electrons. The molecular weight excluding hydrogens is 182 g/mol. The van der Waals surface area contributed by atoms with Crippen molar-refractivity contribution in [1.82, 2.24) is 5.32 Å². The molecule has 1 rings (SSSR count). The summed E-state index contributed by atoms with van der Waals surface area (Å²) in [5, 5.41) is 3.58. The molecule has 1 fully saturated rings. The predicted octanol–water partition coefficient (Wildman–Crippen LogP) is 3.35. The van der Waals surface area contributed by atoms with Gasteiger partial charge in [-0.2, -0.15) is 0 Å². The fourth-order valence-corrected chi connectivity index (χ4v) is 2.55. The van der Waals surface area contributed by atoms with Crippen molar-refractivity contribution < 1.29 is 0 Å². The fraction of sp³-hybridized carbons (Fsp3) is 0.857. The smallest absolute Gasteiger partial charge is 0.0240 e. The molecule has 15 heavy (non-hydrogen) atoms. The topological polar surface area (TPSA) is 12.0 Å². The summed E-state index contributed by atoms with van der Waals surface area (Å²) in [5.41, 5.74) is 0. The molecule has 1 aliphatic carbocycles. The molecular formula is C14H25N. The third-order valence-electron chi connectivity index (χ3n) is 3.39. The lowest BCUT2D eigenvalue weighted by Crippen LogP contribution is -2.32. The molecule has 0 aromatic rings. The van der Waals surface area contributed by atoms with Crippen molar-refractivity contribution in [3.8, 4) is 12.3 Å². The second-order valence-corrected chi connectivity index (χ2v) is 4.80. The molecule has 0 saturated heterocycles. The second-order valence-electron chi connectivity index (χ2n) is 4.80. The molecule has 1 nitrogen and oxygen atoms in total. The Morgan fingerprint density at radius 1 is 1.33 bits per heavy atom. The molecule has 0 heterocycles. The summed E-state index contributed by atoms with van der Waals surface area (Å²) >= 11 is 0. The average Bonchev–Trinajstić information content (AvgIpc) is 2.28. The van der Waals surface area contributed by atoms with E-state index >= 15 is 0 Å². The summed E-state index contributed by atoms with van der Waals surface area (Å²) < 4.78 is 0. The van der Waals surface area contributed by atoms with Gasteiger partial charge in [-0.3, -0.25) is 0 Å². The van der Waals surface area contributed by atoms with Gasteiger partial charge in [0.25, 0.3) is 0 Å². The molecule has 0 radical (unpaired) electrons. The second kappa shape index (κ2) is 7.77. The van der Waals surface area contributed by atoms with Gasteiger partial charge in [0.1, 0.15) is 0 Å². The summed E-state index contributed by atoms with van der Waals surface area (Å²) in [4.78, 5) is 0. The maximum absolute atomic E-state index is 5.42. The fourth-order valence-electron chi connectivity index (χ4n) is 2.55. The van der Waals surface area contributed by atoms with Crippen molar-refractivity contribution in [3.63, 3.8) is 0 Å². The number of nitrogens with one attached hydrogen (secondary N) is 1. The molecule has 0 bridgehead atoms. The summed E-state index contributed by atoms with van der Waals surface area (Å²) in [6, 6.07) is 0.568. The van der Waals surface area contributed by atoms with Gasteiger partial charge in [0.15, 0.2) is 0 Å². The minimum absolute atomic E-state index is 0.568. The third kappa shape index (κ3) is 5.23. The molecule has 1 saturated carbocycles. The Morgan fingerprint density at radius 3 is 2.67 bits per heavy atom. The molecule has 0 aliphatic heterocycles. The molecule has 1 unspecified atom stereocenters. The Labute approximate surface area is 95.0 Å². The van der Waals surface area contributed by atoms with Gasteiger partial charge in [0.2, 0.25) is 0 Å². The number of terminal acetylenes is 1. The number of rotatable bonds is 6. The molecule has 0 amide bonds. The molecule has 1 atom stereocenters. The van der Waals surface area contributed by atoms with Crippen molar-refractivity contribution in [3.05, 3.63) is 0 Å². The minimum Gasteiger partial charge on any atom is -0.313 e. The van der Waals surface area contributed by atoms with Gasteiger partial charge in [-0.15, -0.1) is 12.3 Å².